The molecule has 1 aromatic carbocycles. The minimum absolute atomic E-state index is 0.134. The molecule has 2 aromatic rings. The zero-order chi connectivity index (χ0) is 15.7. The van der Waals surface area contributed by atoms with Gasteiger partial charge in [0, 0.05) is 28.6 Å². The van der Waals surface area contributed by atoms with Crippen LogP contribution >= 0.6 is 23.2 Å². The maximum atomic E-state index is 12.4. The van der Waals surface area contributed by atoms with Crippen molar-refractivity contribution in [3.63, 3.8) is 0 Å². The van der Waals surface area contributed by atoms with E-state index in [1.807, 2.05) is 0 Å². The van der Waals surface area contributed by atoms with Gasteiger partial charge in [0.1, 0.15) is 5.82 Å². The zero-order valence-electron chi connectivity index (χ0n) is 12.1. The number of aromatic nitrogens is 3. The molecule has 0 unspecified atom stereocenters. The summed E-state index contributed by atoms with van der Waals surface area (Å²) in [4.78, 5) is 12.4. The van der Waals surface area contributed by atoms with Gasteiger partial charge in [0.25, 0.3) is 0 Å². The average Bonchev–Trinajstić information content (AvgIpc) is 3.08. The Kier molecular flexibility index (Phi) is 4.36. The molecule has 22 heavy (non-hydrogen) atoms. The number of nitrogens with zero attached hydrogens (tertiary/aromatic N) is 3. The molecule has 0 aliphatic carbocycles. The molecule has 1 amide bonds. The van der Waals surface area contributed by atoms with Crippen molar-refractivity contribution in [2.45, 2.75) is 38.8 Å². The molecule has 3 rings (SSSR count). The van der Waals surface area contributed by atoms with Crippen LogP contribution in [-0.2, 0) is 24.3 Å². The number of hydrogen-bond donors (Lipinski definition) is 1. The van der Waals surface area contributed by atoms with E-state index in [9.17, 15) is 4.79 Å². The Balaban J connectivity index is 1.69. The van der Waals surface area contributed by atoms with E-state index < -0.39 is 5.92 Å². The number of amides is 1. The molecule has 0 spiro atoms. The van der Waals surface area contributed by atoms with E-state index in [2.05, 4.69) is 20.1 Å². The average molecular weight is 339 g/mol. The molecule has 5 nitrogen and oxygen atoms in total. The molecule has 0 fully saturated rings. The number of rotatable bonds is 4. The lowest BCUT2D eigenvalue weighted by Gasteiger charge is -2.15. The molecule has 1 aromatic heterocycles. The number of halogens is 2. The molecule has 2 heterocycles. The van der Waals surface area contributed by atoms with E-state index in [4.69, 9.17) is 23.2 Å². The Morgan fingerprint density at radius 2 is 2.09 bits per heavy atom. The predicted octanol–water partition coefficient (Wildman–Crippen LogP) is 2.95. The molecule has 1 aliphatic rings. The summed E-state index contributed by atoms with van der Waals surface area (Å²) in [5.41, 5.74) is 0.648. The number of benzene rings is 1. The minimum atomic E-state index is -0.429. The molecule has 116 valence electrons. The van der Waals surface area contributed by atoms with Gasteiger partial charge in [-0.15, -0.1) is 10.2 Å². The smallest absolute Gasteiger partial charge is 0.227 e. The molecular formula is C15H16Cl2N4O. The number of carbonyl (C=O) groups is 1. The van der Waals surface area contributed by atoms with E-state index in [1.54, 1.807) is 25.1 Å². The van der Waals surface area contributed by atoms with Crippen molar-refractivity contribution in [3.05, 3.63) is 45.5 Å². The zero-order valence-corrected chi connectivity index (χ0v) is 13.7. The Morgan fingerprint density at radius 1 is 1.36 bits per heavy atom. The highest BCUT2D eigenvalue weighted by Gasteiger charge is 2.22. The summed E-state index contributed by atoms with van der Waals surface area (Å²) in [5.74, 6) is 1.22. The Bertz CT molecular complexity index is 693. The molecule has 0 bridgehead atoms. The Labute approximate surface area is 138 Å². The van der Waals surface area contributed by atoms with Crippen LogP contribution in [0.2, 0.25) is 10.0 Å². The van der Waals surface area contributed by atoms with Gasteiger partial charge in [0.05, 0.1) is 12.5 Å². The van der Waals surface area contributed by atoms with Gasteiger partial charge in [-0.25, -0.2) is 0 Å². The van der Waals surface area contributed by atoms with Crippen LogP contribution < -0.4 is 5.32 Å². The summed E-state index contributed by atoms with van der Waals surface area (Å²) in [7, 11) is 0. The molecule has 0 saturated carbocycles. The molecular weight excluding hydrogens is 323 g/mol. The van der Waals surface area contributed by atoms with Crippen molar-refractivity contribution in [3.8, 4) is 0 Å². The quantitative estimate of drug-likeness (QED) is 0.932. The van der Waals surface area contributed by atoms with E-state index >= 15 is 0 Å². The SMILES string of the molecule is C[C@@H](C(=O)NCc1nnc2n1CCC2)c1c(Cl)cccc1Cl. The topological polar surface area (TPSA) is 59.8 Å². The van der Waals surface area contributed by atoms with Gasteiger partial charge in [-0.1, -0.05) is 29.3 Å². The number of nitrogens with one attached hydrogen (secondary N) is 1. The maximum absolute atomic E-state index is 12.4. The Morgan fingerprint density at radius 3 is 2.82 bits per heavy atom. The second-order valence-corrected chi connectivity index (χ2v) is 6.18. The summed E-state index contributed by atoms with van der Waals surface area (Å²) < 4.78 is 2.06. The van der Waals surface area contributed by atoms with E-state index in [0.717, 1.165) is 31.0 Å². The number of carbonyl (C=O) groups excluding carboxylic acids is 1. The first-order valence-electron chi connectivity index (χ1n) is 7.20. The minimum Gasteiger partial charge on any atom is -0.348 e. The van der Waals surface area contributed by atoms with Gasteiger partial charge in [-0.2, -0.15) is 0 Å². The van der Waals surface area contributed by atoms with Crippen molar-refractivity contribution in [1.29, 1.82) is 0 Å². The standard InChI is InChI=1S/C15H16Cl2N4O/c1-9(14-10(16)4-2-5-11(14)17)15(22)18-8-13-20-19-12-6-3-7-21(12)13/h2,4-5,9H,3,6-8H2,1H3,(H,18,22)/t9-/m1/s1. The van der Waals surface area contributed by atoms with Crippen molar-refractivity contribution >= 4 is 29.1 Å². The van der Waals surface area contributed by atoms with Crippen LogP contribution in [0.3, 0.4) is 0 Å². The fraction of sp³-hybridized carbons (Fsp3) is 0.400. The van der Waals surface area contributed by atoms with Crippen LogP contribution in [0, 0.1) is 0 Å². The molecule has 7 heteroatoms. The largest absolute Gasteiger partial charge is 0.348 e. The predicted molar refractivity (Wildman–Crippen MR) is 85.1 cm³/mol. The summed E-state index contributed by atoms with van der Waals surface area (Å²) in [6.45, 7) is 3.06. The fourth-order valence-electron chi connectivity index (χ4n) is 2.72. The van der Waals surface area contributed by atoms with Gasteiger partial charge in [-0.3, -0.25) is 4.79 Å². The second kappa shape index (κ2) is 6.26. The maximum Gasteiger partial charge on any atom is 0.227 e. The first-order valence-corrected chi connectivity index (χ1v) is 7.96. The van der Waals surface area contributed by atoms with Gasteiger partial charge < -0.3 is 9.88 Å². The lowest BCUT2D eigenvalue weighted by molar-refractivity contribution is -0.122. The third kappa shape index (κ3) is 2.83. The Hall–Kier alpha value is -1.59. The molecule has 1 N–H and O–H groups in total. The van der Waals surface area contributed by atoms with Crippen LogP contribution in [0.15, 0.2) is 18.2 Å². The lowest BCUT2D eigenvalue weighted by atomic mass is 10.00. The van der Waals surface area contributed by atoms with E-state index in [1.165, 1.54) is 0 Å². The van der Waals surface area contributed by atoms with Gasteiger partial charge in [-0.05, 0) is 25.5 Å². The molecule has 0 radical (unpaired) electrons. The first kappa shape index (κ1) is 15.3. The van der Waals surface area contributed by atoms with Crippen molar-refractivity contribution < 1.29 is 4.79 Å². The fourth-order valence-corrected chi connectivity index (χ4v) is 3.44. The number of fused-ring (bicyclic) bond motifs is 1. The van der Waals surface area contributed by atoms with Crippen molar-refractivity contribution in [2.24, 2.45) is 0 Å². The molecule has 0 saturated heterocycles. The highest BCUT2D eigenvalue weighted by atomic mass is 35.5. The summed E-state index contributed by atoms with van der Waals surface area (Å²) >= 11 is 12.3. The van der Waals surface area contributed by atoms with Crippen molar-refractivity contribution in [1.82, 2.24) is 20.1 Å². The van der Waals surface area contributed by atoms with Crippen LogP contribution in [0.4, 0.5) is 0 Å². The van der Waals surface area contributed by atoms with Gasteiger partial charge >= 0.3 is 0 Å². The summed E-state index contributed by atoms with van der Waals surface area (Å²) in [6.07, 6.45) is 2.03. The third-order valence-electron chi connectivity index (χ3n) is 3.93. The third-order valence-corrected chi connectivity index (χ3v) is 4.59. The van der Waals surface area contributed by atoms with Gasteiger partial charge in [0.15, 0.2) is 5.82 Å². The van der Waals surface area contributed by atoms with Crippen LogP contribution in [-0.4, -0.2) is 20.7 Å². The molecule has 1 aliphatic heterocycles. The van der Waals surface area contributed by atoms with E-state index in [0.29, 0.717) is 22.2 Å². The number of aryl methyl sites for hydroxylation is 1. The summed E-state index contributed by atoms with van der Waals surface area (Å²) in [5, 5.41) is 12.1. The van der Waals surface area contributed by atoms with E-state index in [-0.39, 0.29) is 5.91 Å². The molecule has 1 atom stereocenters. The van der Waals surface area contributed by atoms with Crippen LogP contribution in [0.1, 0.15) is 36.5 Å². The second-order valence-electron chi connectivity index (χ2n) is 5.36. The van der Waals surface area contributed by atoms with Crippen LogP contribution in [0.5, 0.6) is 0 Å². The number of hydrogen-bond acceptors (Lipinski definition) is 3. The lowest BCUT2D eigenvalue weighted by Crippen LogP contribution is -2.29. The van der Waals surface area contributed by atoms with Crippen LogP contribution in [0.25, 0.3) is 0 Å². The highest BCUT2D eigenvalue weighted by Crippen LogP contribution is 2.31. The monoisotopic (exact) mass is 338 g/mol. The first-order chi connectivity index (χ1) is 10.6. The summed E-state index contributed by atoms with van der Waals surface area (Å²) in [6, 6.07) is 5.23. The van der Waals surface area contributed by atoms with Crippen molar-refractivity contribution in [2.75, 3.05) is 0 Å². The normalized spacial score (nSPS) is 14.7. The highest BCUT2D eigenvalue weighted by molar-refractivity contribution is 6.36. The van der Waals surface area contributed by atoms with Gasteiger partial charge in [0.2, 0.25) is 5.91 Å².